The Hall–Kier alpha value is -0.560. The number of ether oxygens (including phenoxy) is 1. The van der Waals surface area contributed by atoms with Crippen molar-refractivity contribution in [2.45, 2.75) is 24.8 Å². The molecule has 1 aliphatic heterocycles. The zero-order valence-electron chi connectivity index (χ0n) is 8.01. The molecular weight excluding hydrogens is 164 g/mol. The third kappa shape index (κ3) is 3.00. The van der Waals surface area contributed by atoms with Gasteiger partial charge in [0.15, 0.2) is 0 Å². The summed E-state index contributed by atoms with van der Waals surface area (Å²) in [5.74, 6) is 2.61. The Balaban J connectivity index is 2.34. The van der Waals surface area contributed by atoms with Crippen LogP contribution in [0.3, 0.4) is 0 Å². The molecule has 1 fully saturated rings. The summed E-state index contributed by atoms with van der Waals surface area (Å²) in [4.78, 5) is 0. The second-order valence-electron chi connectivity index (χ2n) is 3.48. The lowest BCUT2D eigenvalue weighted by atomic mass is 9.90. The van der Waals surface area contributed by atoms with Crippen molar-refractivity contribution >= 4 is 0 Å². The van der Waals surface area contributed by atoms with Gasteiger partial charge in [-0.05, 0) is 12.8 Å². The average molecular weight is 182 g/mol. The van der Waals surface area contributed by atoms with Crippen LogP contribution >= 0.6 is 0 Å². The van der Waals surface area contributed by atoms with E-state index in [0.717, 1.165) is 39.0 Å². The van der Waals surface area contributed by atoms with Gasteiger partial charge in [0, 0.05) is 38.3 Å². The number of hydrogen-bond donors (Lipinski definition) is 2. The van der Waals surface area contributed by atoms with Crippen molar-refractivity contribution in [3.63, 3.8) is 0 Å². The van der Waals surface area contributed by atoms with Gasteiger partial charge in [0.05, 0.1) is 0 Å². The molecule has 1 saturated heterocycles. The first kappa shape index (κ1) is 10.5. The number of nitrogens with one attached hydrogen (secondary N) is 1. The standard InChI is InChI=1S/C10H18N2O/c1-2-3-6-12-10(9-11)4-7-13-8-5-10/h1,12H,3-9,11H2. The van der Waals surface area contributed by atoms with Crippen LogP contribution in [0.4, 0.5) is 0 Å². The summed E-state index contributed by atoms with van der Waals surface area (Å²) in [5, 5.41) is 3.44. The monoisotopic (exact) mass is 182 g/mol. The molecule has 13 heavy (non-hydrogen) atoms. The van der Waals surface area contributed by atoms with Crippen LogP contribution in [-0.4, -0.2) is 31.8 Å². The fourth-order valence-corrected chi connectivity index (χ4v) is 1.62. The van der Waals surface area contributed by atoms with Crippen LogP contribution < -0.4 is 11.1 Å². The van der Waals surface area contributed by atoms with E-state index in [0.29, 0.717) is 6.54 Å². The maximum absolute atomic E-state index is 5.75. The Bertz CT molecular complexity index is 180. The molecule has 1 aliphatic rings. The lowest BCUT2D eigenvalue weighted by Gasteiger charge is -2.37. The second kappa shape index (κ2) is 5.23. The lowest BCUT2D eigenvalue weighted by molar-refractivity contribution is 0.0418. The lowest BCUT2D eigenvalue weighted by Crippen LogP contribution is -2.54. The van der Waals surface area contributed by atoms with Gasteiger partial charge >= 0.3 is 0 Å². The normalized spacial score (nSPS) is 20.9. The van der Waals surface area contributed by atoms with Crippen molar-refractivity contribution in [3.05, 3.63) is 0 Å². The molecule has 0 aromatic carbocycles. The molecule has 0 aliphatic carbocycles. The van der Waals surface area contributed by atoms with Gasteiger partial charge in [0.25, 0.3) is 0 Å². The first-order valence-corrected chi connectivity index (χ1v) is 4.79. The summed E-state index contributed by atoms with van der Waals surface area (Å²) in [7, 11) is 0. The van der Waals surface area contributed by atoms with Crippen LogP contribution in [0.1, 0.15) is 19.3 Å². The zero-order chi connectivity index (χ0) is 9.57. The second-order valence-corrected chi connectivity index (χ2v) is 3.48. The minimum absolute atomic E-state index is 0.0785. The topological polar surface area (TPSA) is 47.3 Å². The molecule has 0 bridgehead atoms. The molecule has 3 N–H and O–H groups in total. The van der Waals surface area contributed by atoms with Crippen molar-refractivity contribution in [2.75, 3.05) is 26.3 Å². The quantitative estimate of drug-likeness (QED) is 0.479. The molecule has 74 valence electrons. The van der Waals surface area contributed by atoms with E-state index in [1.807, 2.05) is 0 Å². The van der Waals surface area contributed by atoms with E-state index >= 15 is 0 Å². The predicted octanol–water partition coefficient (Wildman–Crippen LogP) is 0.107. The van der Waals surface area contributed by atoms with Gasteiger partial charge in [-0.3, -0.25) is 0 Å². The fourth-order valence-electron chi connectivity index (χ4n) is 1.62. The summed E-state index contributed by atoms with van der Waals surface area (Å²) >= 11 is 0. The molecule has 0 aromatic rings. The third-order valence-corrected chi connectivity index (χ3v) is 2.61. The van der Waals surface area contributed by atoms with Crippen LogP contribution in [0.15, 0.2) is 0 Å². The van der Waals surface area contributed by atoms with E-state index in [4.69, 9.17) is 16.9 Å². The van der Waals surface area contributed by atoms with Gasteiger partial charge in [0.1, 0.15) is 0 Å². The summed E-state index contributed by atoms with van der Waals surface area (Å²) in [6, 6.07) is 0. The number of nitrogens with two attached hydrogens (primary N) is 1. The molecule has 1 heterocycles. The number of rotatable bonds is 4. The highest BCUT2D eigenvalue weighted by Gasteiger charge is 2.29. The molecular formula is C10H18N2O. The summed E-state index contributed by atoms with van der Waals surface area (Å²) in [6.07, 6.45) is 7.94. The maximum atomic E-state index is 5.75. The molecule has 1 rings (SSSR count). The Morgan fingerprint density at radius 2 is 2.15 bits per heavy atom. The first-order chi connectivity index (χ1) is 6.33. The summed E-state index contributed by atoms with van der Waals surface area (Å²) in [6.45, 7) is 3.13. The molecule has 3 heteroatoms. The first-order valence-electron chi connectivity index (χ1n) is 4.79. The van der Waals surface area contributed by atoms with Gasteiger partial charge in [-0.2, -0.15) is 0 Å². The maximum Gasteiger partial charge on any atom is 0.0484 e. The third-order valence-electron chi connectivity index (χ3n) is 2.61. The molecule has 0 spiro atoms. The molecule has 0 amide bonds. The molecule has 3 nitrogen and oxygen atoms in total. The Morgan fingerprint density at radius 3 is 2.69 bits per heavy atom. The smallest absolute Gasteiger partial charge is 0.0484 e. The Morgan fingerprint density at radius 1 is 1.46 bits per heavy atom. The van der Waals surface area contributed by atoms with Crippen LogP contribution in [0, 0.1) is 12.3 Å². The highest BCUT2D eigenvalue weighted by atomic mass is 16.5. The van der Waals surface area contributed by atoms with E-state index in [1.54, 1.807) is 0 Å². The van der Waals surface area contributed by atoms with Crippen molar-refractivity contribution in [2.24, 2.45) is 5.73 Å². The van der Waals surface area contributed by atoms with Gasteiger partial charge in [-0.25, -0.2) is 0 Å². The summed E-state index contributed by atoms with van der Waals surface area (Å²) in [5.41, 5.74) is 5.83. The highest BCUT2D eigenvalue weighted by Crippen LogP contribution is 2.18. The van der Waals surface area contributed by atoms with E-state index < -0.39 is 0 Å². The minimum Gasteiger partial charge on any atom is -0.381 e. The van der Waals surface area contributed by atoms with E-state index in [-0.39, 0.29) is 5.54 Å². The highest BCUT2D eigenvalue weighted by molar-refractivity contribution is 4.93. The zero-order valence-corrected chi connectivity index (χ0v) is 8.01. The molecule has 0 radical (unpaired) electrons. The number of hydrogen-bond acceptors (Lipinski definition) is 3. The summed E-state index contributed by atoms with van der Waals surface area (Å²) < 4.78 is 5.30. The van der Waals surface area contributed by atoms with Crippen LogP contribution in [-0.2, 0) is 4.74 Å². The average Bonchev–Trinajstić information content (AvgIpc) is 2.20. The van der Waals surface area contributed by atoms with Crippen LogP contribution in [0.5, 0.6) is 0 Å². The van der Waals surface area contributed by atoms with Crippen molar-refractivity contribution in [1.29, 1.82) is 0 Å². The SMILES string of the molecule is C#CCCNC1(CN)CCOCC1. The molecule has 0 atom stereocenters. The minimum atomic E-state index is 0.0785. The van der Waals surface area contributed by atoms with E-state index in [2.05, 4.69) is 11.2 Å². The largest absolute Gasteiger partial charge is 0.381 e. The van der Waals surface area contributed by atoms with Crippen LogP contribution in [0.25, 0.3) is 0 Å². The van der Waals surface area contributed by atoms with Gasteiger partial charge in [-0.15, -0.1) is 12.3 Å². The van der Waals surface area contributed by atoms with Crippen molar-refractivity contribution < 1.29 is 4.74 Å². The van der Waals surface area contributed by atoms with E-state index in [1.165, 1.54) is 0 Å². The van der Waals surface area contributed by atoms with Gasteiger partial charge < -0.3 is 15.8 Å². The Kier molecular flexibility index (Phi) is 4.23. The molecule has 0 saturated carbocycles. The number of terminal acetylenes is 1. The molecule has 0 unspecified atom stereocenters. The van der Waals surface area contributed by atoms with Crippen LogP contribution in [0.2, 0.25) is 0 Å². The Labute approximate surface area is 80.0 Å². The van der Waals surface area contributed by atoms with Gasteiger partial charge in [0.2, 0.25) is 0 Å². The van der Waals surface area contributed by atoms with Crippen molar-refractivity contribution in [3.8, 4) is 12.3 Å². The van der Waals surface area contributed by atoms with E-state index in [9.17, 15) is 0 Å². The molecule has 0 aromatic heterocycles. The fraction of sp³-hybridized carbons (Fsp3) is 0.800. The predicted molar refractivity (Wildman–Crippen MR) is 53.3 cm³/mol. The van der Waals surface area contributed by atoms with Gasteiger partial charge in [-0.1, -0.05) is 0 Å². The van der Waals surface area contributed by atoms with Crippen molar-refractivity contribution in [1.82, 2.24) is 5.32 Å².